The van der Waals surface area contributed by atoms with E-state index in [9.17, 15) is 4.79 Å². The zero-order valence-electron chi connectivity index (χ0n) is 13.2. The highest BCUT2D eigenvalue weighted by Gasteiger charge is 2.24. The van der Waals surface area contributed by atoms with Gasteiger partial charge in [0.05, 0.1) is 18.3 Å². The molecule has 2 aromatic rings. The van der Waals surface area contributed by atoms with E-state index in [-0.39, 0.29) is 18.6 Å². The Labute approximate surface area is 134 Å². The second-order valence-corrected chi connectivity index (χ2v) is 5.45. The average molecular weight is 317 g/mol. The minimum absolute atomic E-state index is 0.0445. The lowest BCUT2D eigenvalue weighted by Gasteiger charge is -2.31. The Morgan fingerprint density at radius 3 is 3.00 bits per heavy atom. The highest BCUT2D eigenvalue weighted by molar-refractivity contribution is 5.97. The van der Waals surface area contributed by atoms with Crippen molar-refractivity contribution in [1.29, 1.82) is 0 Å². The van der Waals surface area contributed by atoms with E-state index in [1.165, 1.54) is 0 Å². The number of carbonyl (C=O) groups is 1. The summed E-state index contributed by atoms with van der Waals surface area (Å²) in [5, 5.41) is 3.78. The van der Waals surface area contributed by atoms with Gasteiger partial charge in [-0.25, -0.2) is 0 Å². The second kappa shape index (κ2) is 6.78. The van der Waals surface area contributed by atoms with Gasteiger partial charge in [-0.2, -0.15) is 4.98 Å². The molecule has 1 amide bonds. The molecule has 1 aliphatic rings. The maximum absolute atomic E-state index is 12.7. The standard InChI is InChI=1S/C16H19N3O4/c1-11-9-19(7-8-21-11)16(20)13-5-3-4-6-14(13)22-10-15-17-12(2)23-18-15/h3-6,11H,7-10H2,1-2H3/t11-/m0/s1. The van der Waals surface area contributed by atoms with Crippen LogP contribution < -0.4 is 4.74 Å². The number of para-hydroxylation sites is 1. The molecule has 3 rings (SSSR count). The van der Waals surface area contributed by atoms with Crippen LogP contribution in [0.2, 0.25) is 0 Å². The van der Waals surface area contributed by atoms with Crippen LogP contribution in [0, 0.1) is 6.92 Å². The van der Waals surface area contributed by atoms with Crippen molar-refractivity contribution in [3.05, 3.63) is 41.5 Å². The molecule has 1 aromatic heterocycles. The average Bonchev–Trinajstić information content (AvgIpc) is 2.98. The lowest BCUT2D eigenvalue weighted by molar-refractivity contribution is -0.0125. The zero-order chi connectivity index (χ0) is 16.2. The van der Waals surface area contributed by atoms with E-state index in [0.29, 0.717) is 42.7 Å². The van der Waals surface area contributed by atoms with E-state index < -0.39 is 0 Å². The number of amides is 1. The third-order valence-corrected chi connectivity index (χ3v) is 3.57. The van der Waals surface area contributed by atoms with Crippen molar-refractivity contribution < 1.29 is 18.8 Å². The van der Waals surface area contributed by atoms with Crippen LogP contribution in [0.25, 0.3) is 0 Å². The van der Waals surface area contributed by atoms with Crippen LogP contribution >= 0.6 is 0 Å². The van der Waals surface area contributed by atoms with Crippen LogP contribution in [0.3, 0.4) is 0 Å². The minimum atomic E-state index is -0.0555. The molecule has 0 N–H and O–H groups in total. The van der Waals surface area contributed by atoms with Crippen LogP contribution in [0.15, 0.2) is 28.8 Å². The summed E-state index contributed by atoms with van der Waals surface area (Å²) in [6.45, 7) is 5.55. The maximum atomic E-state index is 12.7. The van der Waals surface area contributed by atoms with Gasteiger partial charge in [-0.15, -0.1) is 0 Å². The van der Waals surface area contributed by atoms with Crippen molar-refractivity contribution in [3.63, 3.8) is 0 Å². The predicted octanol–water partition coefficient (Wildman–Crippen LogP) is 1.82. The predicted molar refractivity (Wildman–Crippen MR) is 81.1 cm³/mol. The first kappa shape index (κ1) is 15.5. The van der Waals surface area contributed by atoms with Crippen molar-refractivity contribution in [1.82, 2.24) is 15.0 Å². The molecule has 7 heteroatoms. The van der Waals surface area contributed by atoms with E-state index >= 15 is 0 Å². The van der Waals surface area contributed by atoms with Gasteiger partial charge >= 0.3 is 0 Å². The molecule has 122 valence electrons. The van der Waals surface area contributed by atoms with Crippen LogP contribution in [0.1, 0.15) is 29.0 Å². The first-order valence-electron chi connectivity index (χ1n) is 7.55. The Kier molecular flexibility index (Phi) is 4.57. The SMILES string of the molecule is Cc1nc(COc2ccccc2C(=O)N2CCO[C@@H](C)C2)no1. The zero-order valence-corrected chi connectivity index (χ0v) is 13.2. The third-order valence-electron chi connectivity index (χ3n) is 3.57. The molecule has 1 aromatic carbocycles. The van der Waals surface area contributed by atoms with Gasteiger partial charge in [-0.3, -0.25) is 4.79 Å². The normalized spacial score (nSPS) is 18.0. The van der Waals surface area contributed by atoms with Gasteiger partial charge in [0, 0.05) is 20.0 Å². The van der Waals surface area contributed by atoms with Gasteiger partial charge < -0.3 is 18.9 Å². The van der Waals surface area contributed by atoms with Crippen molar-refractivity contribution >= 4 is 5.91 Å². The topological polar surface area (TPSA) is 77.7 Å². The second-order valence-electron chi connectivity index (χ2n) is 5.45. The number of ether oxygens (including phenoxy) is 2. The van der Waals surface area contributed by atoms with Gasteiger partial charge in [0.25, 0.3) is 5.91 Å². The molecule has 1 fully saturated rings. The molecule has 0 spiro atoms. The number of morpholine rings is 1. The van der Waals surface area contributed by atoms with Crippen LogP contribution in [-0.2, 0) is 11.3 Å². The summed E-state index contributed by atoms with van der Waals surface area (Å²) < 4.78 is 16.1. The molecule has 1 atom stereocenters. The van der Waals surface area contributed by atoms with Crippen LogP contribution in [0.4, 0.5) is 0 Å². The fourth-order valence-electron chi connectivity index (χ4n) is 2.48. The molecule has 7 nitrogen and oxygen atoms in total. The monoisotopic (exact) mass is 317 g/mol. The fraction of sp³-hybridized carbons (Fsp3) is 0.438. The summed E-state index contributed by atoms with van der Waals surface area (Å²) in [5.74, 6) is 1.39. The summed E-state index contributed by atoms with van der Waals surface area (Å²) in [6, 6.07) is 7.18. The molecular weight excluding hydrogens is 298 g/mol. The number of benzene rings is 1. The van der Waals surface area contributed by atoms with Crippen LogP contribution in [0.5, 0.6) is 5.75 Å². The van der Waals surface area contributed by atoms with Crippen molar-refractivity contribution in [3.8, 4) is 5.75 Å². The molecule has 0 saturated carbocycles. The summed E-state index contributed by atoms with van der Waals surface area (Å²) in [5.41, 5.74) is 0.529. The number of rotatable bonds is 4. The first-order chi connectivity index (χ1) is 11.1. The molecule has 0 aliphatic carbocycles. The van der Waals surface area contributed by atoms with Gasteiger partial charge in [0.15, 0.2) is 6.61 Å². The molecule has 23 heavy (non-hydrogen) atoms. The molecule has 2 heterocycles. The lowest BCUT2D eigenvalue weighted by atomic mass is 10.1. The molecule has 0 radical (unpaired) electrons. The lowest BCUT2D eigenvalue weighted by Crippen LogP contribution is -2.44. The molecule has 0 unspecified atom stereocenters. The Hall–Kier alpha value is -2.41. The van der Waals surface area contributed by atoms with Gasteiger partial charge in [0.1, 0.15) is 5.75 Å². The number of carbonyl (C=O) groups excluding carboxylic acids is 1. The van der Waals surface area contributed by atoms with Gasteiger partial charge in [-0.1, -0.05) is 17.3 Å². The fourth-order valence-corrected chi connectivity index (χ4v) is 2.48. The van der Waals surface area contributed by atoms with Crippen molar-refractivity contribution in [2.75, 3.05) is 19.7 Å². The molecular formula is C16H19N3O4. The largest absolute Gasteiger partial charge is 0.485 e. The number of nitrogens with zero attached hydrogens (tertiary/aromatic N) is 3. The van der Waals surface area contributed by atoms with Crippen molar-refractivity contribution in [2.24, 2.45) is 0 Å². The summed E-state index contributed by atoms with van der Waals surface area (Å²) >= 11 is 0. The first-order valence-corrected chi connectivity index (χ1v) is 7.55. The Bertz CT molecular complexity index is 685. The van der Waals surface area contributed by atoms with E-state index in [2.05, 4.69) is 10.1 Å². The van der Waals surface area contributed by atoms with Gasteiger partial charge in [-0.05, 0) is 19.1 Å². The summed E-state index contributed by atoms with van der Waals surface area (Å²) in [7, 11) is 0. The Morgan fingerprint density at radius 2 is 2.26 bits per heavy atom. The number of aryl methyl sites for hydroxylation is 1. The van der Waals surface area contributed by atoms with Gasteiger partial charge in [0.2, 0.25) is 11.7 Å². The summed E-state index contributed by atoms with van der Waals surface area (Å²) in [4.78, 5) is 18.6. The van der Waals surface area contributed by atoms with Crippen molar-refractivity contribution in [2.45, 2.75) is 26.6 Å². The van der Waals surface area contributed by atoms with E-state index in [1.54, 1.807) is 24.0 Å². The smallest absolute Gasteiger partial charge is 0.257 e. The quantitative estimate of drug-likeness (QED) is 0.856. The minimum Gasteiger partial charge on any atom is -0.485 e. The highest BCUT2D eigenvalue weighted by atomic mass is 16.5. The Morgan fingerprint density at radius 1 is 1.43 bits per heavy atom. The van der Waals surface area contributed by atoms with Crippen LogP contribution in [-0.4, -0.2) is 46.7 Å². The Balaban J connectivity index is 1.73. The number of aromatic nitrogens is 2. The molecule has 1 saturated heterocycles. The highest BCUT2D eigenvalue weighted by Crippen LogP contribution is 2.22. The van der Waals surface area contributed by atoms with E-state index in [0.717, 1.165) is 0 Å². The third kappa shape index (κ3) is 3.68. The number of hydrogen-bond acceptors (Lipinski definition) is 6. The number of hydrogen-bond donors (Lipinski definition) is 0. The molecule has 0 bridgehead atoms. The van der Waals surface area contributed by atoms with E-state index in [1.807, 2.05) is 19.1 Å². The maximum Gasteiger partial charge on any atom is 0.257 e. The summed E-state index contributed by atoms with van der Waals surface area (Å²) in [6.07, 6.45) is 0.0445. The molecule has 1 aliphatic heterocycles. The van der Waals surface area contributed by atoms with E-state index in [4.69, 9.17) is 14.0 Å².